The number of fused-ring (bicyclic) bond motifs is 2. The number of nitro groups is 1. The molecule has 0 saturated heterocycles. The molecular formula is C31H22N4O6. The van der Waals surface area contributed by atoms with Crippen LogP contribution in [0.5, 0.6) is 11.5 Å². The highest BCUT2D eigenvalue weighted by Crippen LogP contribution is 2.38. The van der Waals surface area contributed by atoms with E-state index in [-0.39, 0.29) is 29.6 Å². The van der Waals surface area contributed by atoms with Crippen LogP contribution in [0.25, 0.3) is 33.5 Å². The van der Waals surface area contributed by atoms with Crippen molar-refractivity contribution in [2.75, 3.05) is 7.11 Å². The van der Waals surface area contributed by atoms with Crippen molar-refractivity contribution in [1.29, 1.82) is 0 Å². The van der Waals surface area contributed by atoms with E-state index in [0.29, 0.717) is 27.8 Å². The maximum Gasteiger partial charge on any atom is 0.315 e. The summed E-state index contributed by atoms with van der Waals surface area (Å²) in [5.74, 6) is 0.675. The van der Waals surface area contributed by atoms with Gasteiger partial charge in [-0.15, -0.1) is 0 Å². The van der Waals surface area contributed by atoms with E-state index in [0.717, 1.165) is 15.6 Å². The van der Waals surface area contributed by atoms with Crippen LogP contribution in [-0.4, -0.2) is 27.9 Å². The molecule has 0 bridgehead atoms. The number of hydrogen-bond acceptors (Lipinski definition) is 8. The highest BCUT2D eigenvalue weighted by atomic mass is 16.6. The second-order valence-electron chi connectivity index (χ2n) is 9.07. The van der Waals surface area contributed by atoms with Gasteiger partial charge in [0.25, 0.3) is 5.56 Å². The van der Waals surface area contributed by atoms with E-state index >= 15 is 0 Å². The van der Waals surface area contributed by atoms with Gasteiger partial charge in [0.05, 0.1) is 29.2 Å². The van der Waals surface area contributed by atoms with Crippen molar-refractivity contribution < 1.29 is 18.8 Å². The number of nitrogens with zero attached hydrogens (tertiary/aromatic N) is 4. The Morgan fingerprint density at radius 3 is 2.54 bits per heavy atom. The predicted octanol–water partition coefficient (Wildman–Crippen LogP) is 6.19. The molecule has 2 heterocycles. The largest absolute Gasteiger partial charge is 0.493 e. The summed E-state index contributed by atoms with van der Waals surface area (Å²) in [7, 11) is 1.40. The van der Waals surface area contributed by atoms with Gasteiger partial charge in [0.15, 0.2) is 11.5 Å². The zero-order chi connectivity index (χ0) is 28.3. The van der Waals surface area contributed by atoms with Gasteiger partial charge in [-0.3, -0.25) is 14.9 Å². The van der Waals surface area contributed by atoms with Crippen LogP contribution in [0.15, 0.2) is 111 Å². The average Bonchev–Trinajstić information content (AvgIpc) is 3.44. The Balaban J connectivity index is 1.44. The molecule has 0 aliphatic heterocycles. The lowest BCUT2D eigenvalue weighted by Crippen LogP contribution is -2.20. The van der Waals surface area contributed by atoms with E-state index in [1.54, 1.807) is 36.4 Å². The van der Waals surface area contributed by atoms with Crippen molar-refractivity contribution in [3.8, 4) is 23.1 Å². The van der Waals surface area contributed by atoms with Gasteiger partial charge in [0, 0.05) is 17.0 Å². The third-order valence-electron chi connectivity index (χ3n) is 6.42. The maximum atomic E-state index is 13.5. The molecule has 0 atom stereocenters. The molecule has 10 nitrogen and oxygen atoms in total. The third kappa shape index (κ3) is 5.01. The molecule has 0 aliphatic carbocycles. The third-order valence-corrected chi connectivity index (χ3v) is 6.42. The van der Waals surface area contributed by atoms with Crippen LogP contribution in [-0.2, 0) is 6.61 Å². The quantitative estimate of drug-likeness (QED) is 0.127. The fraction of sp³-hybridized carbons (Fsp3) is 0.0645. The number of furan rings is 1. The topological polar surface area (TPSA) is 122 Å². The van der Waals surface area contributed by atoms with Crippen LogP contribution in [0.1, 0.15) is 11.1 Å². The highest BCUT2D eigenvalue weighted by molar-refractivity contribution is 5.85. The molecule has 0 unspecified atom stereocenters. The van der Waals surface area contributed by atoms with Gasteiger partial charge in [0.1, 0.15) is 12.2 Å². The zero-order valence-electron chi connectivity index (χ0n) is 21.8. The lowest BCUT2D eigenvalue weighted by Gasteiger charge is -2.12. The lowest BCUT2D eigenvalue weighted by molar-refractivity contribution is -0.386. The first-order chi connectivity index (χ1) is 20.0. The van der Waals surface area contributed by atoms with Crippen molar-refractivity contribution in [2.24, 2.45) is 5.10 Å². The van der Waals surface area contributed by atoms with Gasteiger partial charge >= 0.3 is 5.69 Å². The molecule has 4 aromatic carbocycles. The van der Waals surface area contributed by atoms with E-state index in [1.807, 2.05) is 54.6 Å². The van der Waals surface area contributed by atoms with Gasteiger partial charge in [-0.2, -0.15) is 9.78 Å². The van der Waals surface area contributed by atoms with Crippen LogP contribution in [0.4, 0.5) is 5.69 Å². The normalized spacial score (nSPS) is 11.3. The number of methoxy groups -OCH3 is 1. The monoisotopic (exact) mass is 546 g/mol. The minimum absolute atomic E-state index is 0.00833. The van der Waals surface area contributed by atoms with Gasteiger partial charge < -0.3 is 13.9 Å². The Morgan fingerprint density at radius 2 is 1.76 bits per heavy atom. The van der Waals surface area contributed by atoms with E-state index in [9.17, 15) is 14.9 Å². The van der Waals surface area contributed by atoms with Crippen molar-refractivity contribution in [2.45, 2.75) is 6.61 Å². The molecule has 0 fully saturated rings. The van der Waals surface area contributed by atoms with Crippen LogP contribution < -0.4 is 15.0 Å². The molecule has 41 heavy (non-hydrogen) atoms. The van der Waals surface area contributed by atoms with Crippen molar-refractivity contribution in [3.05, 3.63) is 129 Å². The second-order valence-corrected chi connectivity index (χ2v) is 9.07. The van der Waals surface area contributed by atoms with Crippen molar-refractivity contribution in [1.82, 2.24) is 9.66 Å². The summed E-state index contributed by atoms with van der Waals surface area (Å²) in [4.78, 5) is 29.7. The molecule has 0 radical (unpaired) electrons. The molecule has 10 heteroatoms. The van der Waals surface area contributed by atoms with Crippen LogP contribution in [0.3, 0.4) is 0 Å². The number of rotatable bonds is 8. The molecule has 0 N–H and O–H groups in total. The highest BCUT2D eigenvalue weighted by Gasteiger charge is 2.23. The van der Waals surface area contributed by atoms with Crippen molar-refractivity contribution >= 4 is 33.8 Å². The number of ether oxygens (including phenoxy) is 2. The summed E-state index contributed by atoms with van der Waals surface area (Å²) >= 11 is 0. The summed E-state index contributed by atoms with van der Waals surface area (Å²) < 4.78 is 18.4. The molecule has 2 aromatic heterocycles. The Bertz CT molecular complexity index is 1960. The second kappa shape index (κ2) is 10.8. The Labute approximate surface area is 232 Å². The van der Waals surface area contributed by atoms with Gasteiger partial charge in [0.2, 0.25) is 11.6 Å². The summed E-state index contributed by atoms with van der Waals surface area (Å²) in [6.07, 6.45) is 1.33. The van der Waals surface area contributed by atoms with Crippen LogP contribution >= 0.6 is 0 Å². The maximum absolute atomic E-state index is 13.5. The smallest absolute Gasteiger partial charge is 0.315 e. The molecular weight excluding hydrogens is 524 g/mol. The van der Waals surface area contributed by atoms with Gasteiger partial charge in [-0.1, -0.05) is 60.7 Å². The molecule has 0 amide bonds. The number of para-hydroxylation sites is 2. The molecule has 0 aliphatic rings. The van der Waals surface area contributed by atoms with E-state index in [2.05, 4.69) is 10.1 Å². The molecule has 6 rings (SSSR count). The minimum Gasteiger partial charge on any atom is -0.493 e. The number of hydrogen-bond donors (Lipinski definition) is 0. The van der Waals surface area contributed by atoms with Gasteiger partial charge in [-0.05, 0) is 35.9 Å². The molecule has 0 spiro atoms. The first kappa shape index (κ1) is 25.5. The van der Waals surface area contributed by atoms with Crippen LogP contribution in [0.2, 0.25) is 0 Å². The minimum atomic E-state index is -0.552. The van der Waals surface area contributed by atoms with E-state index in [1.165, 1.54) is 19.4 Å². The molecule has 6 aromatic rings. The first-order valence-electron chi connectivity index (χ1n) is 12.6. The number of nitro benzene ring substituents is 1. The average molecular weight is 547 g/mol. The predicted molar refractivity (Wildman–Crippen MR) is 155 cm³/mol. The Morgan fingerprint density at radius 1 is 1.00 bits per heavy atom. The van der Waals surface area contributed by atoms with Crippen molar-refractivity contribution in [3.63, 3.8) is 0 Å². The number of benzene rings is 4. The van der Waals surface area contributed by atoms with E-state index < -0.39 is 10.5 Å². The van der Waals surface area contributed by atoms with E-state index in [4.69, 9.17) is 13.9 Å². The molecule has 202 valence electrons. The summed E-state index contributed by atoms with van der Waals surface area (Å²) in [5, 5.41) is 17.6. The summed E-state index contributed by atoms with van der Waals surface area (Å²) in [6.45, 7) is 0.116. The lowest BCUT2D eigenvalue weighted by atomic mass is 10.1. The fourth-order valence-corrected chi connectivity index (χ4v) is 4.45. The summed E-state index contributed by atoms with van der Waals surface area (Å²) in [5.41, 5.74) is 1.55. The number of aromatic nitrogens is 2. The van der Waals surface area contributed by atoms with Crippen LogP contribution in [0, 0.1) is 10.1 Å². The molecule has 0 saturated carbocycles. The Hall–Kier alpha value is -5.77. The summed E-state index contributed by atoms with van der Waals surface area (Å²) in [6, 6.07) is 28.3. The van der Waals surface area contributed by atoms with Gasteiger partial charge in [-0.25, -0.2) is 4.98 Å². The first-order valence-corrected chi connectivity index (χ1v) is 12.6. The Kier molecular flexibility index (Phi) is 6.70. The fourth-order valence-electron chi connectivity index (χ4n) is 4.45. The SMILES string of the molecule is COc1cc(C=Nn2c(-c3cc4ccccc4o3)nc3ccccc3c2=O)cc([N+](=O)[O-])c1OCc1ccccc1. The standard InChI is InChI=1S/C31H22N4O6/c1-39-27-16-21(15-25(35(37)38)29(27)40-19-20-9-3-2-4-10-20)18-32-34-30(28-17-22-11-5-8-14-26(22)41-28)33-24-13-7-6-12-23(24)31(34)36/h2-18H,19H2,1H3. The zero-order valence-corrected chi connectivity index (χ0v) is 21.8.